The van der Waals surface area contributed by atoms with E-state index in [2.05, 4.69) is 20.4 Å². The standard InChI is InChI=1S/C25H24N6O4/c1-3-18-15(2)26-25(28-24(18)34)31-21(13-19(29-31)20-10-7-11-35-20)27-23(33)16-12-22(32)30(14-16)17-8-5-4-6-9-17/h4-11,13,16H,3,12,14H2,1-2H3,(H,27,33)(H,26,28,34). The first kappa shape index (κ1) is 22.3. The molecule has 4 aromatic rings. The molecule has 1 aromatic carbocycles. The van der Waals surface area contributed by atoms with Crippen LogP contribution in [-0.2, 0) is 16.0 Å². The number of aromatic nitrogens is 4. The number of amides is 2. The molecule has 0 bridgehead atoms. The van der Waals surface area contributed by atoms with Gasteiger partial charge in [-0.2, -0.15) is 9.78 Å². The van der Waals surface area contributed by atoms with Gasteiger partial charge in [0.1, 0.15) is 11.5 Å². The molecular formula is C25H24N6O4. The van der Waals surface area contributed by atoms with Crippen molar-refractivity contribution < 1.29 is 14.0 Å². The Morgan fingerprint density at radius 3 is 2.69 bits per heavy atom. The Morgan fingerprint density at radius 1 is 1.20 bits per heavy atom. The molecule has 0 saturated carbocycles. The Bertz CT molecular complexity index is 1440. The second-order valence-electron chi connectivity index (χ2n) is 8.34. The lowest BCUT2D eigenvalue weighted by Gasteiger charge is -2.16. The Hall–Kier alpha value is -4.47. The lowest BCUT2D eigenvalue weighted by Crippen LogP contribution is -2.29. The topological polar surface area (TPSA) is 126 Å². The average molecular weight is 473 g/mol. The van der Waals surface area contributed by atoms with Crippen LogP contribution in [0, 0.1) is 12.8 Å². The van der Waals surface area contributed by atoms with Gasteiger partial charge >= 0.3 is 0 Å². The number of anilines is 2. The maximum atomic E-state index is 13.2. The summed E-state index contributed by atoms with van der Waals surface area (Å²) in [5.74, 6) is -0.0137. The highest BCUT2D eigenvalue weighted by atomic mass is 16.3. The molecule has 0 spiro atoms. The van der Waals surface area contributed by atoms with Crippen molar-refractivity contribution in [3.8, 4) is 17.4 Å². The summed E-state index contributed by atoms with van der Waals surface area (Å²) in [5, 5.41) is 7.39. The van der Waals surface area contributed by atoms with Gasteiger partial charge in [-0.3, -0.25) is 19.4 Å². The van der Waals surface area contributed by atoms with Crippen molar-refractivity contribution >= 4 is 23.3 Å². The van der Waals surface area contributed by atoms with Gasteiger partial charge in [0, 0.05) is 36.0 Å². The van der Waals surface area contributed by atoms with E-state index < -0.39 is 5.92 Å². The number of H-pyrrole nitrogens is 1. The molecule has 10 nitrogen and oxygen atoms in total. The summed E-state index contributed by atoms with van der Waals surface area (Å²) in [5.41, 5.74) is 2.12. The van der Waals surface area contributed by atoms with Crippen LogP contribution in [0.25, 0.3) is 17.4 Å². The van der Waals surface area contributed by atoms with Gasteiger partial charge in [0.15, 0.2) is 5.76 Å². The first-order valence-corrected chi connectivity index (χ1v) is 11.3. The van der Waals surface area contributed by atoms with Crippen molar-refractivity contribution in [2.24, 2.45) is 5.92 Å². The molecule has 1 saturated heterocycles. The highest BCUT2D eigenvalue weighted by Crippen LogP contribution is 2.28. The van der Waals surface area contributed by atoms with Crippen LogP contribution in [0.2, 0.25) is 0 Å². The van der Waals surface area contributed by atoms with Crippen LogP contribution in [0.3, 0.4) is 0 Å². The Balaban J connectivity index is 1.46. The molecule has 0 aliphatic carbocycles. The monoisotopic (exact) mass is 472 g/mol. The number of para-hydroxylation sites is 1. The molecule has 3 aromatic heterocycles. The van der Waals surface area contributed by atoms with Crippen molar-refractivity contribution in [2.45, 2.75) is 26.7 Å². The van der Waals surface area contributed by atoms with Crippen molar-refractivity contribution in [3.63, 3.8) is 0 Å². The lowest BCUT2D eigenvalue weighted by molar-refractivity contribution is -0.122. The van der Waals surface area contributed by atoms with E-state index in [0.717, 1.165) is 5.69 Å². The fourth-order valence-corrected chi connectivity index (χ4v) is 4.26. The molecular weight excluding hydrogens is 448 g/mol. The summed E-state index contributed by atoms with van der Waals surface area (Å²) in [6, 6.07) is 14.4. The van der Waals surface area contributed by atoms with E-state index in [1.165, 1.54) is 10.9 Å². The van der Waals surface area contributed by atoms with Crippen molar-refractivity contribution in [2.75, 3.05) is 16.8 Å². The summed E-state index contributed by atoms with van der Waals surface area (Å²) < 4.78 is 6.83. The van der Waals surface area contributed by atoms with Gasteiger partial charge in [0.2, 0.25) is 17.8 Å². The summed E-state index contributed by atoms with van der Waals surface area (Å²) in [6.07, 6.45) is 2.16. The maximum Gasteiger partial charge on any atom is 0.255 e. The minimum atomic E-state index is -0.547. The molecule has 1 unspecified atom stereocenters. The van der Waals surface area contributed by atoms with Gasteiger partial charge in [0.25, 0.3) is 5.56 Å². The number of nitrogens with one attached hydrogen (secondary N) is 2. The quantitative estimate of drug-likeness (QED) is 0.444. The van der Waals surface area contributed by atoms with Crippen LogP contribution >= 0.6 is 0 Å². The fraction of sp³-hybridized carbons (Fsp3) is 0.240. The van der Waals surface area contributed by atoms with E-state index >= 15 is 0 Å². The van der Waals surface area contributed by atoms with Gasteiger partial charge in [-0.25, -0.2) is 4.98 Å². The molecule has 10 heteroatoms. The van der Waals surface area contributed by atoms with E-state index in [9.17, 15) is 14.4 Å². The zero-order chi connectivity index (χ0) is 24.5. The maximum absolute atomic E-state index is 13.2. The molecule has 5 rings (SSSR count). The summed E-state index contributed by atoms with van der Waals surface area (Å²) in [6.45, 7) is 3.91. The molecule has 1 atom stereocenters. The third kappa shape index (κ3) is 4.25. The van der Waals surface area contributed by atoms with E-state index in [-0.39, 0.29) is 36.3 Å². The smallest absolute Gasteiger partial charge is 0.255 e. The van der Waals surface area contributed by atoms with E-state index in [4.69, 9.17) is 4.42 Å². The van der Waals surface area contributed by atoms with Gasteiger partial charge < -0.3 is 14.6 Å². The molecule has 4 heterocycles. The Labute approximate surface area is 200 Å². The number of furan rings is 1. The van der Waals surface area contributed by atoms with Crippen molar-refractivity contribution in [3.05, 3.63) is 76.4 Å². The zero-order valence-electron chi connectivity index (χ0n) is 19.3. The van der Waals surface area contributed by atoms with Gasteiger partial charge in [-0.05, 0) is 37.6 Å². The number of hydrogen-bond acceptors (Lipinski definition) is 6. The molecule has 1 aliphatic rings. The largest absolute Gasteiger partial charge is 0.463 e. The number of benzene rings is 1. The fourth-order valence-electron chi connectivity index (χ4n) is 4.26. The molecule has 1 aliphatic heterocycles. The third-order valence-electron chi connectivity index (χ3n) is 6.06. The molecule has 2 N–H and O–H groups in total. The van der Waals surface area contributed by atoms with E-state index in [1.54, 1.807) is 30.0 Å². The van der Waals surface area contributed by atoms with Crippen LogP contribution < -0.4 is 15.8 Å². The number of aryl methyl sites for hydroxylation is 1. The van der Waals surface area contributed by atoms with Crippen LogP contribution in [0.1, 0.15) is 24.6 Å². The van der Waals surface area contributed by atoms with E-state index in [1.807, 2.05) is 37.3 Å². The van der Waals surface area contributed by atoms with Gasteiger partial charge in [-0.1, -0.05) is 25.1 Å². The minimum absolute atomic E-state index is 0.0965. The molecule has 1 fully saturated rings. The summed E-state index contributed by atoms with van der Waals surface area (Å²) in [4.78, 5) is 47.2. The number of carbonyl (C=O) groups excluding carboxylic acids is 2. The summed E-state index contributed by atoms with van der Waals surface area (Å²) in [7, 11) is 0. The molecule has 178 valence electrons. The SMILES string of the molecule is CCc1c(C)nc(-n2nc(-c3ccco3)cc2NC(=O)C2CC(=O)N(c3ccccc3)C2)[nH]c1=O. The first-order valence-electron chi connectivity index (χ1n) is 11.3. The minimum Gasteiger partial charge on any atom is -0.463 e. The predicted octanol–water partition coefficient (Wildman–Crippen LogP) is 3.08. The molecule has 2 amide bonds. The second-order valence-corrected chi connectivity index (χ2v) is 8.34. The Morgan fingerprint density at radius 2 is 2.00 bits per heavy atom. The average Bonchev–Trinajstić information content (AvgIpc) is 3.59. The highest BCUT2D eigenvalue weighted by Gasteiger charge is 2.35. The number of rotatable bonds is 6. The molecule has 0 radical (unpaired) electrons. The van der Waals surface area contributed by atoms with Gasteiger partial charge in [0.05, 0.1) is 12.2 Å². The summed E-state index contributed by atoms with van der Waals surface area (Å²) >= 11 is 0. The molecule has 35 heavy (non-hydrogen) atoms. The number of nitrogens with zero attached hydrogens (tertiary/aromatic N) is 4. The number of aromatic amines is 1. The van der Waals surface area contributed by atoms with Crippen LogP contribution in [0.5, 0.6) is 0 Å². The second kappa shape index (κ2) is 9.05. The van der Waals surface area contributed by atoms with Gasteiger partial charge in [-0.15, -0.1) is 0 Å². The normalized spacial score (nSPS) is 15.5. The van der Waals surface area contributed by atoms with E-state index in [0.29, 0.717) is 35.0 Å². The lowest BCUT2D eigenvalue weighted by atomic mass is 10.1. The predicted molar refractivity (Wildman–Crippen MR) is 129 cm³/mol. The zero-order valence-corrected chi connectivity index (χ0v) is 19.3. The Kier molecular flexibility index (Phi) is 5.77. The third-order valence-corrected chi connectivity index (χ3v) is 6.06. The number of hydrogen-bond donors (Lipinski definition) is 2. The van der Waals surface area contributed by atoms with Crippen molar-refractivity contribution in [1.29, 1.82) is 0 Å². The number of carbonyl (C=O) groups is 2. The van der Waals surface area contributed by atoms with Crippen molar-refractivity contribution in [1.82, 2.24) is 19.7 Å². The first-order chi connectivity index (χ1) is 16.9. The highest BCUT2D eigenvalue weighted by molar-refractivity contribution is 6.03. The van der Waals surface area contributed by atoms with Crippen LogP contribution in [0.4, 0.5) is 11.5 Å². The van der Waals surface area contributed by atoms with Crippen LogP contribution in [-0.4, -0.2) is 38.1 Å². The van der Waals surface area contributed by atoms with Crippen LogP contribution in [0.15, 0.2) is 64.0 Å².